The summed E-state index contributed by atoms with van der Waals surface area (Å²) in [7, 11) is 0. The second-order valence-electron chi connectivity index (χ2n) is 4.75. The van der Waals surface area contributed by atoms with E-state index in [1.165, 1.54) is 23.5 Å². The van der Waals surface area contributed by atoms with E-state index in [4.69, 9.17) is 9.47 Å². The van der Waals surface area contributed by atoms with Gasteiger partial charge in [-0.15, -0.1) is 0 Å². The molecule has 1 N–H and O–H groups in total. The van der Waals surface area contributed by atoms with Crippen LogP contribution in [-0.4, -0.2) is 30.8 Å². The van der Waals surface area contributed by atoms with Crippen molar-refractivity contribution in [1.29, 1.82) is 0 Å². The normalized spacial score (nSPS) is 15.3. The van der Waals surface area contributed by atoms with Gasteiger partial charge in [0.05, 0.1) is 0 Å². The van der Waals surface area contributed by atoms with Gasteiger partial charge in [-0.25, -0.2) is 0 Å². The van der Waals surface area contributed by atoms with Gasteiger partial charge in [0.1, 0.15) is 13.2 Å². The van der Waals surface area contributed by atoms with E-state index in [-0.39, 0.29) is 0 Å². The Kier molecular flexibility index (Phi) is 5.86. The summed E-state index contributed by atoms with van der Waals surface area (Å²) < 4.78 is 11.1. The fourth-order valence-electron chi connectivity index (χ4n) is 2.00. The van der Waals surface area contributed by atoms with Crippen LogP contribution in [0.25, 0.3) is 0 Å². The van der Waals surface area contributed by atoms with Crippen molar-refractivity contribution in [3.05, 3.63) is 23.8 Å². The van der Waals surface area contributed by atoms with Crippen molar-refractivity contribution in [3.63, 3.8) is 0 Å². The minimum absolute atomic E-state index is 0.548. The minimum atomic E-state index is 0.548. The molecule has 2 rings (SSSR count). The molecule has 1 aromatic rings. The van der Waals surface area contributed by atoms with Gasteiger partial charge in [0.2, 0.25) is 0 Å². The molecule has 106 valence electrons. The molecule has 19 heavy (non-hydrogen) atoms. The van der Waals surface area contributed by atoms with Crippen molar-refractivity contribution in [2.45, 2.75) is 32.9 Å². The number of ether oxygens (including phenoxy) is 2. The number of rotatable bonds is 7. The van der Waals surface area contributed by atoms with Crippen LogP contribution in [-0.2, 0) is 6.54 Å². The van der Waals surface area contributed by atoms with E-state index in [2.05, 4.69) is 31.3 Å². The molecular formula is C15H23NO2S. The summed E-state index contributed by atoms with van der Waals surface area (Å²) in [5.41, 5.74) is 1.25. The SMILES string of the molecule is CCSCCC(C)NCc1ccc2c(c1)OCCO2. The van der Waals surface area contributed by atoms with Crippen molar-refractivity contribution in [2.24, 2.45) is 0 Å². The first-order chi connectivity index (χ1) is 9.29. The second kappa shape index (κ2) is 7.65. The average molecular weight is 281 g/mol. The maximum absolute atomic E-state index is 5.59. The Balaban J connectivity index is 1.79. The summed E-state index contributed by atoms with van der Waals surface area (Å²) in [5, 5.41) is 3.55. The molecule has 0 amide bonds. The predicted molar refractivity (Wildman–Crippen MR) is 81.3 cm³/mol. The number of thioether (sulfide) groups is 1. The Bertz CT molecular complexity index is 398. The molecule has 1 unspecified atom stereocenters. The minimum Gasteiger partial charge on any atom is -0.486 e. The molecule has 1 heterocycles. The van der Waals surface area contributed by atoms with Crippen LogP contribution in [0.4, 0.5) is 0 Å². The van der Waals surface area contributed by atoms with Gasteiger partial charge in [-0.2, -0.15) is 11.8 Å². The van der Waals surface area contributed by atoms with Crippen molar-refractivity contribution in [2.75, 3.05) is 24.7 Å². The van der Waals surface area contributed by atoms with E-state index >= 15 is 0 Å². The molecule has 0 aliphatic carbocycles. The Hall–Kier alpha value is -0.870. The molecule has 0 radical (unpaired) electrons. The first-order valence-corrected chi connectivity index (χ1v) is 8.14. The average Bonchev–Trinajstić information content (AvgIpc) is 2.45. The number of hydrogen-bond donors (Lipinski definition) is 1. The number of hydrogen-bond acceptors (Lipinski definition) is 4. The lowest BCUT2D eigenvalue weighted by Crippen LogP contribution is -2.26. The van der Waals surface area contributed by atoms with E-state index in [0.29, 0.717) is 19.3 Å². The standard InChI is InChI=1S/C15H23NO2S/c1-3-19-9-6-12(2)16-11-13-4-5-14-15(10-13)18-8-7-17-14/h4-5,10,12,16H,3,6-9,11H2,1-2H3. The molecule has 0 bridgehead atoms. The maximum atomic E-state index is 5.59. The van der Waals surface area contributed by atoms with E-state index in [1.807, 2.05) is 17.8 Å². The summed E-state index contributed by atoms with van der Waals surface area (Å²) >= 11 is 2.00. The maximum Gasteiger partial charge on any atom is 0.161 e. The number of nitrogens with one attached hydrogen (secondary N) is 1. The van der Waals surface area contributed by atoms with Crippen LogP contribution in [0.5, 0.6) is 11.5 Å². The Labute approximate surface area is 120 Å². The number of fused-ring (bicyclic) bond motifs is 1. The molecule has 0 saturated carbocycles. The van der Waals surface area contributed by atoms with Crippen molar-refractivity contribution in [3.8, 4) is 11.5 Å². The topological polar surface area (TPSA) is 30.5 Å². The Morgan fingerprint density at radius 1 is 1.26 bits per heavy atom. The van der Waals surface area contributed by atoms with E-state index in [0.717, 1.165) is 18.0 Å². The molecule has 0 fully saturated rings. The zero-order valence-corrected chi connectivity index (χ0v) is 12.6. The fourth-order valence-corrected chi connectivity index (χ4v) is 2.81. The van der Waals surface area contributed by atoms with E-state index in [1.54, 1.807) is 0 Å². The monoisotopic (exact) mass is 281 g/mol. The molecule has 1 atom stereocenters. The molecule has 3 nitrogen and oxygen atoms in total. The van der Waals surface area contributed by atoms with Crippen LogP contribution in [0.1, 0.15) is 25.8 Å². The predicted octanol–water partition coefficient (Wildman–Crippen LogP) is 3.08. The molecule has 0 spiro atoms. The molecule has 1 aliphatic rings. The Morgan fingerprint density at radius 2 is 2.05 bits per heavy atom. The highest BCUT2D eigenvalue weighted by molar-refractivity contribution is 7.99. The first-order valence-electron chi connectivity index (χ1n) is 6.99. The van der Waals surface area contributed by atoms with Gasteiger partial charge in [-0.05, 0) is 42.5 Å². The van der Waals surface area contributed by atoms with Gasteiger partial charge in [0.15, 0.2) is 11.5 Å². The molecular weight excluding hydrogens is 258 g/mol. The van der Waals surface area contributed by atoms with Crippen LogP contribution in [0.3, 0.4) is 0 Å². The third kappa shape index (κ3) is 4.62. The zero-order valence-electron chi connectivity index (χ0n) is 11.8. The summed E-state index contributed by atoms with van der Waals surface area (Å²) in [4.78, 5) is 0. The van der Waals surface area contributed by atoms with Crippen LogP contribution in [0, 0.1) is 0 Å². The number of benzene rings is 1. The second-order valence-corrected chi connectivity index (χ2v) is 6.14. The van der Waals surface area contributed by atoms with Gasteiger partial charge in [-0.3, -0.25) is 0 Å². The zero-order chi connectivity index (χ0) is 13.5. The largest absolute Gasteiger partial charge is 0.486 e. The summed E-state index contributed by atoms with van der Waals surface area (Å²) in [6, 6.07) is 6.74. The highest BCUT2D eigenvalue weighted by Crippen LogP contribution is 2.30. The van der Waals surface area contributed by atoms with E-state index in [9.17, 15) is 0 Å². The lowest BCUT2D eigenvalue weighted by molar-refractivity contribution is 0.171. The molecule has 1 aliphatic heterocycles. The molecule has 1 aromatic carbocycles. The first kappa shape index (κ1) is 14.5. The van der Waals surface area contributed by atoms with E-state index < -0.39 is 0 Å². The van der Waals surface area contributed by atoms with Crippen LogP contribution in [0.2, 0.25) is 0 Å². The highest BCUT2D eigenvalue weighted by atomic mass is 32.2. The lowest BCUT2D eigenvalue weighted by Gasteiger charge is -2.19. The van der Waals surface area contributed by atoms with Crippen molar-refractivity contribution >= 4 is 11.8 Å². The summed E-state index contributed by atoms with van der Waals surface area (Å²) in [6.45, 7) is 6.63. The third-order valence-electron chi connectivity index (χ3n) is 3.16. The smallest absolute Gasteiger partial charge is 0.161 e. The lowest BCUT2D eigenvalue weighted by atomic mass is 10.1. The molecule has 0 aromatic heterocycles. The van der Waals surface area contributed by atoms with Gasteiger partial charge >= 0.3 is 0 Å². The summed E-state index contributed by atoms with van der Waals surface area (Å²) in [5.74, 6) is 4.17. The van der Waals surface area contributed by atoms with Gasteiger partial charge < -0.3 is 14.8 Å². The molecule has 0 saturated heterocycles. The van der Waals surface area contributed by atoms with Crippen LogP contribution >= 0.6 is 11.8 Å². The van der Waals surface area contributed by atoms with Gasteiger partial charge in [0, 0.05) is 12.6 Å². The Morgan fingerprint density at radius 3 is 2.84 bits per heavy atom. The third-order valence-corrected chi connectivity index (χ3v) is 4.09. The fraction of sp³-hybridized carbons (Fsp3) is 0.600. The quantitative estimate of drug-likeness (QED) is 0.778. The van der Waals surface area contributed by atoms with Crippen molar-refractivity contribution in [1.82, 2.24) is 5.32 Å². The highest BCUT2D eigenvalue weighted by Gasteiger charge is 2.11. The van der Waals surface area contributed by atoms with Crippen LogP contribution in [0.15, 0.2) is 18.2 Å². The van der Waals surface area contributed by atoms with Gasteiger partial charge in [-0.1, -0.05) is 13.0 Å². The van der Waals surface area contributed by atoms with Gasteiger partial charge in [0.25, 0.3) is 0 Å². The summed E-state index contributed by atoms with van der Waals surface area (Å²) in [6.07, 6.45) is 1.21. The van der Waals surface area contributed by atoms with Crippen molar-refractivity contribution < 1.29 is 9.47 Å². The molecule has 4 heteroatoms. The van der Waals surface area contributed by atoms with Crippen LogP contribution < -0.4 is 14.8 Å².